The minimum atomic E-state index is -4.00. The lowest BCUT2D eigenvalue weighted by atomic mass is 10.2. The van der Waals surface area contributed by atoms with Crippen molar-refractivity contribution in [2.45, 2.75) is 18.0 Å². The maximum atomic E-state index is 13.5. The zero-order valence-electron chi connectivity index (χ0n) is 18.5. The Balaban J connectivity index is 1.86. The molecule has 6 nitrogen and oxygen atoms in total. The molecule has 3 rings (SSSR count). The first kappa shape index (κ1) is 26.5. The number of amides is 1. The Morgan fingerprint density at radius 3 is 2.21 bits per heavy atom. The minimum absolute atomic E-state index is 0.0754. The van der Waals surface area contributed by atoms with Gasteiger partial charge in [0.15, 0.2) is 0 Å². The van der Waals surface area contributed by atoms with E-state index in [1.54, 1.807) is 56.6 Å². The zero-order valence-corrected chi connectivity index (χ0v) is 22.5. The molecule has 0 saturated carbocycles. The van der Waals surface area contributed by atoms with E-state index in [2.05, 4.69) is 15.9 Å². The topological polar surface area (TPSA) is 66.9 Å². The van der Waals surface area contributed by atoms with Gasteiger partial charge < -0.3 is 9.64 Å². The Bertz CT molecular complexity index is 1250. The summed E-state index contributed by atoms with van der Waals surface area (Å²) in [7, 11) is -0.784. The van der Waals surface area contributed by atoms with Crippen LogP contribution in [-0.2, 0) is 27.9 Å². The van der Waals surface area contributed by atoms with Gasteiger partial charge in [-0.2, -0.15) is 4.31 Å². The second-order valence-corrected chi connectivity index (χ2v) is 11.3. The molecule has 0 heterocycles. The van der Waals surface area contributed by atoms with Crippen LogP contribution in [0, 0.1) is 0 Å². The summed E-state index contributed by atoms with van der Waals surface area (Å²) in [6.45, 7) is -0.128. The van der Waals surface area contributed by atoms with Gasteiger partial charge in [-0.25, -0.2) is 8.42 Å². The molecule has 0 atom stereocenters. The molecule has 3 aromatic carbocycles. The molecule has 34 heavy (non-hydrogen) atoms. The van der Waals surface area contributed by atoms with Crippen LogP contribution in [0.5, 0.6) is 5.75 Å². The molecule has 0 unspecified atom stereocenters. The van der Waals surface area contributed by atoms with Crippen LogP contribution in [0.3, 0.4) is 0 Å². The SMILES string of the molecule is COc1ccc(CN(C)C(=O)CN(Cc2ccc(Cl)cc2Cl)S(=O)(=O)c2ccc(Br)cc2)cc1. The van der Waals surface area contributed by atoms with Crippen molar-refractivity contribution in [3.8, 4) is 5.75 Å². The number of hydrogen-bond donors (Lipinski definition) is 0. The fourth-order valence-corrected chi connectivity index (χ4v) is 5.29. The summed E-state index contributed by atoms with van der Waals surface area (Å²) in [5.41, 5.74) is 1.43. The van der Waals surface area contributed by atoms with E-state index in [1.807, 2.05) is 12.1 Å². The van der Waals surface area contributed by atoms with Gasteiger partial charge in [-0.3, -0.25) is 4.79 Å². The average Bonchev–Trinajstić information content (AvgIpc) is 2.80. The first-order valence-corrected chi connectivity index (χ1v) is 13.2. The maximum Gasteiger partial charge on any atom is 0.243 e. The van der Waals surface area contributed by atoms with E-state index >= 15 is 0 Å². The quantitative estimate of drug-likeness (QED) is 0.327. The third kappa shape index (κ3) is 6.73. The fraction of sp³-hybridized carbons (Fsp3) is 0.208. The molecule has 0 aromatic heterocycles. The lowest BCUT2D eigenvalue weighted by Crippen LogP contribution is -2.41. The summed E-state index contributed by atoms with van der Waals surface area (Å²) < 4.78 is 34.0. The molecule has 0 spiro atoms. The van der Waals surface area contributed by atoms with E-state index in [9.17, 15) is 13.2 Å². The van der Waals surface area contributed by atoms with Crippen LogP contribution in [0.1, 0.15) is 11.1 Å². The van der Waals surface area contributed by atoms with Gasteiger partial charge in [-0.05, 0) is 59.7 Å². The Morgan fingerprint density at radius 1 is 0.971 bits per heavy atom. The normalized spacial score (nSPS) is 11.5. The molecule has 0 aliphatic carbocycles. The Morgan fingerprint density at radius 2 is 1.62 bits per heavy atom. The van der Waals surface area contributed by atoms with Crippen molar-refractivity contribution in [1.82, 2.24) is 9.21 Å². The number of carbonyl (C=O) groups excluding carboxylic acids is 1. The van der Waals surface area contributed by atoms with Gasteiger partial charge >= 0.3 is 0 Å². The summed E-state index contributed by atoms with van der Waals surface area (Å²) in [4.78, 5) is 14.6. The van der Waals surface area contributed by atoms with Crippen LogP contribution in [0.4, 0.5) is 0 Å². The molecule has 180 valence electrons. The van der Waals surface area contributed by atoms with Gasteiger partial charge in [-0.15, -0.1) is 0 Å². The lowest BCUT2D eigenvalue weighted by molar-refractivity contribution is -0.130. The van der Waals surface area contributed by atoms with Gasteiger partial charge in [0, 0.05) is 34.7 Å². The van der Waals surface area contributed by atoms with E-state index in [4.69, 9.17) is 27.9 Å². The minimum Gasteiger partial charge on any atom is -0.497 e. The van der Waals surface area contributed by atoms with Gasteiger partial charge in [0.2, 0.25) is 15.9 Å². The third-order valence-corrected chi connectivity index (χ3v) is 8.05. The predicted molar refractivity (Wildman–Crippen MR) is 138 cm³/mol. The van der Waals surface area contributed by atoms with Crippen molar-refractivity contribution in [2.75, 3.05) is 20.7 Å². The highest BCUT2D eigenvalue weighted by atomic mass is 79.9. The van der Waals surface area contributed by atoms with Crippen molar-refractivity contribution < 1.29 is 17.9 Å². The molecule has 0 aliphatic heterocycles. The molecular weight excluding hydrogens is 563 g/mol. The summed E-state index contributed by atoms with van der Waals surface area (Å²) in [6.07, 6.45) is 0. The Hall–Kier alpha value is -2.10. The van der Waals surface area contributed by atoms with Crippen molar-refractivity contribution in [1.29, 1.82) is 0 Å². The number of carbonyl (C=O) groups is 1. The van der Waals surface area contributed by atoms with Crippen LogP contribution in [0.2, 0.25) is 10.0 Å². The zero-order chi connectivity index (χ0) is 24.9. The van der Waals surface area contributed by atoms with Gasteiger partial charge in [0.05, 0.1) is 18.6 Å². The first-order chi connectivity index (χ1) is 16.1. The second kappa shape index (κ2) is 11.6. The van der Waals surface area contributed by atoms with Crippen LogP contribution in [0.15, 0.2) is 76.1 Å². The Labute approximate surface area is 218 Å². The number of likely N-dealkylation sites (N-methyl/N-ethyl adjacent to an activating group) is 1. The number of nitrogens with zero attached hydrogens (tertiary/aromatic N) is 2. The molecule has 0 aliphatic rings. The summed E-state index contributed by atoms with van der Waals surface area (Å²) in [5.74, 6) is 0.353. The molecule has 0 radical (unpaired) electrons. The first-order valence-electron chi connectivity index (χ1n) is 10.2. The van der Waals surface area contributed by atoms with Crippen molar-refractivity contribution in [3.63, 3.8) is 0 Å². The standard InChI is InChI=1S/C24H23BrCl2N2O4S/c1-28(14-17-3-9-21(33-2)10-4-17)24(30)16-29(15-18-5-8-20(26)13-23(18)27)34(31,32)22-11-6-19(25)7-12-22/h3-13H,14-16H2,1-2H3. The average molecular weight is 586 g/mol. The molecule has 0 bridgehead atoms. The van der Waals surface area contributed by atoms with Crippen LogP contribution >= 0.6 is 39.1 Å². The number of methoxy groups -OCH3 is 1. The maximum absolute atomic E-state index is 13.5. The van der Waals surface area contributed by atoms with Gasteiger partial charge in [0.1, 0.15) is 5.75 Å². The van der Waals surface area contributed by atoms with E-state index in [1.165, 1.54) is 17.0 Å². The van der Waals surface area contributed by atoms with Crippen molar-refractivity contribution in [3.05, 3.63) is 92.4 Å². The lowest BCUT2D eigenvalue weighted by Gasteiger charge is -2.25. The smallest absolute Gasteiger partial charge is 0.243 e. The number of hydrogen-bond acceptors (Lipinski definition) is 4. The number of halogens is 3. The highest BCUT2D eigenvalue weighted by Crippen LogP contribution is 2.26. The number of ether oxygens (including phenoxy) is 1. The molecule has 10 heteroatoms. The summed E-state index contributed by atoms with van der Waals surface area (Å²) >= 11 is 15.6. The monoisotopic (exact) mass is 584 g/mol. The largest absolute Gasteiger partial charge is 0.497 e. The van der Waals surface area contributed by atoms with Crippen LogP contribution in [-0.4, -0.2) is 44.2 Å². The van der Waals surface area contributed by atoms with Crippen molar-refractivity contribution in [2.24, 2.45) is 0 Å². The van der Waals surface area contributed by atoms with Crippen LogP contribution < -0.4 is 4.74 Å². The van der Waals surface area contributed by atoms with E-state index in [0.29, 0.717) is 27.9 Å². The molecular formula is C24H23BrCl2N2O4S. The molecule has 3 aromatic rings. The Kier molecular flexibility index (Phi) is 9.01. The highest BCUT2D eigenvalue weighted by molar-refractivity contribution is 9.10. The number of sulfonamides is 1. The highest BCUT2D eigenvalue weighted by Gasteiger charge is 2.28. The summed E-state index contributed by atoms with van der Waals surface area (Å²) in [6, 6.07) is 18.4. The van der Waals surface area contributed by atoms with Crippen molar-refractivity contribution >= 4 is 55.1 Å². The molecule has 0 saturated heterocycles. The molecule has 0 N–H and O–H groups in total. The van der Waals surface area contributed by atoms with E-state index in [-0.39, 0.29) is 23.9 Å². The number of rotatable bonds is 9. The summed E-state index contributed by atoms with van der Waals surface area (Å²) in [5, 5.41) is 0.758. The fourth-order valence-electron chi connectivity index (χ4n) is 3.19. The van der Waals surface area contributed by atoms with Crippen LogP contribution in [0.25, 0.3) is 0 Å². The van der Waals surface area contributed by atoms with Gasteiger partial charge in [-0.1, -0.05) is 57.3 Å². The van der Waals surface area contributed by atoms with Gasteiger partial charge in [0.25, 0.3) is 0 Å². The number of benzene rings is 3. The van der Waals surface area contributed by atoms with E-state index < -0.39 is 10.0 Å². The predicted octanol–water partition coefficient (Wildman–Crippen LogP) is 5.61. The second-order valence-electron chi connectivity index (χ2n) is 7.56. The third-order valence-electron chi connectivity index (χ3n) is 5.13. The molecule has 1 amide bonds. The molecule has 0 fully saturated rings. The van der Waals surface area contributed by atoms with E-state index in [0.717, 1.165) is 14.3 Å².